The van der Waals surface area contributed by atoms with E-state index in [1.807, 2.05) is 0 Å². The summed E-state index contributed by atoms with van der Waals surface area (Å²) in [6.45, 7) is 1.86. The van der Waals surface area contributed by atoms with Crippen molar-refractivity contribution in [2.45, 2.75) is 13.3 Å². The van der Waals surface area contributed by atoms with E-state index in [0.29, 0.717) is 5.02 Å². The van der Waals surface area contributed by atoms with Crippen LogP contribution in [0.25, 0.3) is 0 Å². The van der Waals surface area contributed by atoms with Crippen molar-refractivity contribution in [3.05, 3.63) is 47.0 Å². The fourth-order valence-corrected chi connectivity index (χ4v) is 1.75. The Morgan fingerprint density at radius 3 is 2.46 bits per heavy atom. The highest BCUT2D eigenvalue weighted by Crippen LogP contribution is 2.09. The molecule has 0 saturated carbocycles. The fourth-order valence-electron chi connectivity index (χ4n) is 1.48. The van der Waals surface area contributed by atoms with Crippen LogP contribution in [0.5, 0.6) is 0 Å². The summed E-state index contributed by atoms with van der Waals surface area (Å²) in [6.07, 6.45) is 2.06. The molecule has 0 saturated heterocycles. The van der Waals surface area contributed by atoms with E-state index < -0.39 is 11.9 Å². The smallest absolute Gasteiger partial charge is 0.330 e. The highest BCUT2D eigenvalue weighted by molar-refractivity contribution is 7.80. The minimum atomic E-state index is -0.636. The summed E-state index contributed by atoms with van der Waals surface area (Å²) in [7, 11) is 0. The van der Waals surface area contributed by atoms with E-state index in [-0.39, 0.29) is 24.0 Å². The Labute approximate surface area is 149 Å². The third-order valence-corrected chi connectivity index (χ3v) is 2.94. The SMILES string of the molecule is CCOC(=O)/C=C/C(=O)NC(=S)NNC(=O)Cc1ccc(Cl)cc1. The molecule has 9 heteroatoms. The van der Waals surface area contributed by atoms with Crippen molar-refractivity contribution < 1.29 is 19.1 Å². The summed E-state index contributed by atoms with van der Waals surface area (Å²) >= 11 is 10.6. The second kappa shape index (κ2) is 10.3. The van der Waals surface area contributed by atoms with Gasteiger partial charge < -0.3 is 4.74 Å². The molecule has 0 radical (unpaired) electrons. The van der Waals surface area contributed by atoms with Crippen LogP contribution in [0.3, 0.4) is 0 Å². The van der Waals surface area contributed by atoms with Crippen LogP contribution < -0.4 is 16.2 Å². The molecule has 1 rings (SSSR count). The highest BCUT2D eigenvalue weighted by atomic mass is 35.5. The summed E-state index contributed by atoms with van der Waals surface area (Å²) in [5, 5.41) is 2.73. The highest BCUT2D eigenvalue weighted by Gasteiger charge is 2.06. The van der Waals surface area contributed by atoms with Gasteiger partial charge in [0.25, 0.3) is 0 Å². The summed E-state index contributed by atoms with van der Waals surface area (Å²) in [5.74, 6) is -1.62. The van der Waals surface area contributed by atoms with Gasteiger partial charge in [-0.05, 0) is 36.8 Å². The van der Waals surface area contributed by atoms with Crippen LogP contribution in [0, 0.1) is 0 Å². The standard InChI is InChI=1S/C15H16ClN3O4S/c1-2-23-14(22)8-7-12(20)17-15(24)19-18-13(21)9-10-3-5-11(16)6-4-10/h3-8H,2,9H2,1H3,(H,18,21)(H2,17,19,20,24)/b8-7+. The van der Waals surface area contributed by atoms with E-state index in [9.17, 15) is 14.4 Å². The number of nitrogens with one attached hydrogen (secondary N) is 3. The molecule has 128 valence electrons. The van der Waals surface area contributed by atoms with Crippen molar-refractivity contribution in [1.29, 1.82) is 0 Å². The van der Waals surface area contributed by atoms with Crippen LogP contribution in [-0.2, 0) is 25.5 Å². The third kappa shape index (κ3) is 8.25. The predicted molar refractivity (Wildman–Crippen MR) is 92.9 cm³/mol. The number of ether oxygens (including phenoxy) is 1. The van der Waals surface area contributed by atoms with E-state index in [4.69, 9.17) is 23.8 Å². The van der Waals surface area contributed by atoms with Gasteiger partial charge in [0.2, 0.25) is 11.8 Å². The van der Waals surface area contributed by atoms with Gasteiger partial charge in [-0.2, -0.15) is 0 Å². The number of carbonyl (C=O) groups is 3. The summed E-state index contributed by atoms with van der Waals surface area (Å²) in [4.78, 5) is 34.2. The molecule has 0 bridgehead atoms. The molecule has 24 heavy (non-hydrogen) atoms. The third-order valence-electron chi connectivity index (χ3n) is 2.49. The van der Waals surface area contributed by atoms with Crippen molar-refractivity contribution in [3.63, 3.8) is 0 Å². The van der Waals surface area contributed by atoms with Crippen LogP contribution in [0.15, 0.2) is 36.4 Å². The van der Waals surface area contributed by atoms with E-state index in [1.54, 1.807) is 31.2 Å². The van der Waals surface area contributed by atoms with Gasteiger partial charge in [0.1, 0.15) is 0 Å². The number of carbonyl (C=O) groups excluding carboxylic acids is 3. The number of amides is 2. The number of benzene rings is 1. The number of esters is 1. The topological polar surface area (TPSA) is 96.5 Å². The molecule has 0 atom stereocenters. The molecule has 7 nitrogen and oxygen atoms in total. The van der Waals surface area contributed by atoms with Gasteiger partial charge >= 0.3 is 5.97 Å². The minimum Gasteiger partial charge on any atom is -0.463 e. The van der Waals surface area contributed by atoms with E-state index in [2.05, 4.69) is 20.9 Å². The lowest BCUT2D eigenvalue weighted by Gasteiger charge is -2.09. The molecule has 0 aliphatic carbocycles. The number of hydrazine groups is 1. The lowest BCUT2D eigenvalue weighted by Crippen LogP contribution is -2.48. The van der Waals surface area contributed by atoms with Gasteiger partial charge in [-0.25, -0.2) is 4.79 Å². The molecule has 0 unspecified atom stereocenters. The Kier molecular flexibility index (Phi) is 8.45. The monoisotopic (exact) mass is 369 g/mol. The van der Waals surface area contributed by atoms with Gasteiger partial charge in [0, 0.05) is 17.2 Å². The summed E-state index contributed by atoms with van der Waals surface area (Å²) < 4.78 is 4.62. The lowest BCUT2D eigenvalue weighted by molar-refractivity contribution is -0.137. The van der Waals surface area contributed by atoms with Gasteiger partial charge in [0.05, 0.1) is 13.0 Å². The lowest BCUT2D eigenvalue weighted by atomic mass is 10.1. The van der Waals surface area contributed by atoms with Gasteiger partial charge in [-0.3, -0.25) is 25.8 Å². The molecule has 0 spiro atoms. The molecule has 0 aliphatic heterocycles. The van der Waals surface area contributed by atoms with Crippen molar-refractivity contribution in [2.75, 3.05) is 6.61 Å². The summed E-state index contributed by atoms with van der Waals surface area (Å²) in [6, 6.07) is 6.81. The molecule has 3 N–H and O–H groups in total. The van der Waals surface area contributed by atoms with Gasteiger partial charge in [-0.1, -0.05) is 23.7 Å². The van der Waals surface area contributed by atoms with E-state index in [0.717, 1.165) is 17.7 Å². The number of thiocarbonyl (C=S) groups is 1. The van der Waals surface area contributed by atoms with Crippen LogP contribution in [-0.4, -0.2) is 29.5 Å². The molecule has 0 aliphatic rings. The zero-order chi connectivity index (χ0) is 17.9. The Morgan fingerprint density at radius 1 is 1.17 bits per heavy atom. The molecular formula is C15H16ClN3O4S. The maximum atomic E-state index is 11.7. The van der Waals surface area contributed by atoms with Crippen molar-refractivity contribution in [1.82, 2.24) is 16.2 Å². The molecule has 1 aromatic carbocycles. The molecule has 0 heterocycles. The van der Waals surface area contributed by atoms with Crippen LogP contribution in [0.1, 0.15) is 12.5 Å². The maximum Gasteiger partial charge on any atom is 0.330 e. The molecule has 1 aromatic rings. The maximum absolute atomic E-state index is 11.7. The van der Waals surface area contributed by atoms with Crippen LogP contribution in [0.4, 0.5) is 0 Å². The first kappa shape index (κ1) is 19.6. The zero-order valence-corrected chi connectivity index (χ0v) is 14.4. The molecule has 0 fully saturated rings. The van der Waals surface area contributed by atoms with Gasteiger partial charge in [0.15, 0.2) is 5.11 Å². The quantitative estimate of drug-likeness (QED) is 0.310. The van der Waals surface area contributed by atoms with E-state index >= 15 is 0 Å². The van der Waals surface area contributed by atoms with E-state index in [1.165, 1.54) is 0 Å². The first-order valence-electron chi connectivity index (χ1n) is 6.89. The number of hydrogen-bond donors (Lipinski definition) is 3. The average Bonchev–Trinajstić information content (AvgIpc) is 2.53. The minimum absolute atomic E-state index is 0.113. The van der Waals surface area contributed by atoms with Crippen LogP contribution >= 0.6 is 23.8 Å². The zero-order valence-electron chi connectivity index (χ0n) is 12.8. The normalized spacial score (nSPS) is 10.1. The average molecular weight is 370 g/mol. The first-order chi connectivity index (χ1) is 11.4. The Hall–Kier alpha value is -2.45. The second-order valence-electron chi connectivity index (χ2n) is 4.38. The number of hydrogen-bond acceptors (Lipinski definition) is 5. The van der Waals surface area contributed by atoms with Crippen molar-refractivity contribution in [3.8, 4) is 0 Å². The van der Waals surface area contributed by atoms with Crippen molar-refractivity contribution in [2.24, 2.45) is 0 Å². The first-order valence-corrected chi connectivity index (χ1v) is 7.68. The second-order valence-corrected chi connectivity index (χ2v) is 5.22. The largest absolute Gasteiger partial charge is 0.463 e. The number of halogens is 1. The molecule has 2 amide bonds. The summed E-state index contributed by atoms with van der Waals surface area (Å²) in [5.41, 5.74) is 5.49. The Morgan fingerprint density at radius 2 is 1.83 bits per heavy atom. The number of rotatable bonds is 5. The van der Waals surface area contributed by atoms with Crippen molar-refractivity contribution >= 4 is 46.7 Å². The molecule has 0 aromatic heterocycles. The van der Waals surface area contributed by atoms with Gasteiger partial charge in [-0.15, -0.1) is 0 Å². The Balaban J connectivity index is 2.32. The fraction of sp³-hybridized carbons (Fsp3) is 0.200. The molecular weight excluding hydrogens is 354 g/mol. The predicted octanol–water partition coefficient (Wildman–Crippen LogP) is 1.02. The van der Waals surface area contributed by atoms with Crippen LogP contribution in [0.2, 0.25) is 5.02 Å². The Bertz CT molecular complexity index is 647.